The van der Waals surface area contributed by atoms with E-state index in [1.807, 2.05) is 48.8 Å². The van der Waals surface area contributed by atoms with Crippen molar-refractivity contribution >= 4 is 45.1 Å². The molecule has 448 valence electrons. The Morgan fingerprint density at radius 3 is 1.47 bits per heavy atom. The second-order valence-electron chi connectivity index (χ2n) is 23.2. The van der Waals surface area contributed by atoms with Crippen molar-refractivity contribution in [2.24, 2.45) is 17.6 Å². The molecule has 0 atom stereocenters. The highest BCUT2D eigenvalue weighted by molar-refractivity contribution is 5.94. The highest BCUT2D eigenvalue weighted by Gasteiger charge is 2.18. The number of hydrogen-bond donors (Lipinski definition) is 5. The van der Waals surface area contributed by atoms with Gasteiger partial charge in [0.25, 0.3) is 0 Å². The van der Waals surface area contributed by atoms with Crippen LogP contribution in [-0.2, 0) is 32.3 Å². The SMILES string of the molecule is CN1CCC(CCN)CC1.CN1CCC(CCNC(=O)COCc2ccc(-c3cc(NCCCN4CCCCC4)c4cnccc4n3)cc2)CC1.O=C(O)COCc1ccc(-c2cc(NCCCN3CCCCC3)c3cnccc3n2)cc1. The quantitative estimate of drug-likeness (QED) is 0.0339. The molecule has 0 spiro atoms. The summed E-state index contributed by atoms with van der Waals surface area (Å²) in [6.07, 6.45) is 25.0. The molecule has 6 N–H and O–H groups in total. The van der Waals surface area contributed by atoms with E-state index in [1.165, 1.54) is 110 Å². The molecule has 1 amide bonds. The van der Waals surface area contributed by atoms with Gasteiger partial charge in [0, 0.05) is 77.7 Å². The van der Waals surface area contributed by atoms with Gasteiger partial charge < -0.3 is 55.9 Å². The van der Waals surface area contributed by atoms with E-state index in [9.17, 15) is 9.59 Å². The van der Waals surface area contributed by atoms with Gasteiger partial charge in [-0.1, -0.05) is 61.4 Å². The Morgan fingerprint density at radius 2 is 1.02 bits per heavy atom. The van der Waals surface area contributed by atoms with Crippen LogP contribution >= 0.6 is 0 Å². The number of aliphatic carboxylic acids is 1. The number of hydrogen-bond acceptors (Lipinski definition) is 15. The summed E-state index contributed by atoms with van der Waals surface area (Å²) in [6, 6.07) is 24.3. The first-order chi connectivity index (χ1) is 40.6. The molecule has 17 heteroatoms. The van der Waals surface area contributed by atoms with Gasteiger partial charge >= 0.3 is 5.97 Å². The number of nitrogens with zero attached hydrogens (tertiary/aromatic N) is 8. The van der Waals surface area contributed by atoms with Gasteiger partial charge in [-0.25, -0.2) is 14.8 Å². The van der Waals surface area contributed by atoms with Crippen LogP contribution in [0.1, 0.15) is 101 Å². The second kappa shape index (κ2) is 34.6. The number of amides is 1. The number of ether oxygens (including phenoxy) is 2. The predicted octanol–water partition coefficient (Wildman–Crippen LogP) is 9.81. The average Bonchev–Trinajstić information content (AvgIpc) is 3.53. The molecule has 4 fully saturated rings. The van der Waals surface area contributed by atoms with Gasteiger partial charge in [-0.3, -0.25) is 14.8 Å². The second-order valence-corrected chi connectivity index (χ2v) is 23.2. The minimum atomic E-state index is -0.965. The summed E-state index contributed by atoms with van der Waals surface area (Å²) in [7, 11) is 4.37. The van der Waals surface area contributed by atoms with Crippen molar-refractivity contribution in [3.05, 3.63) is 109 Å². The van der Waals surface area contributed by atoms with Crippen LogP contribution in [0, 0.1) is 11.8 Å². The maximum absolute atomic E-state index is 12.2. The van der Waals surface area contributed by atoms with E-state index in [2.05, 4.69) is 96.0 Å². The van der Waals surface area contributed by atoms with Crippen LogP contribution in [0.2, 0.25) is 0 Å². The molecule has 2 aromatic carbocycles. The first kappa shape index (κ1) is 62.9. The van der Waals surface area contributed by atoms with Crippen LogP contribution in [0.4, 0.5) is 11.4 Å². The number of carboxylic acid groups (broad SMARTS) is 1. The van der Waals surface area contributed by atoms with Crippen molar-refractivity contribution in [2.45, 2.75) is 103 Å². The Morgan fingerprint density at radius 1 is 0.578 bits per heavy atom. The molecule has 0 radical (unpaired) electrons. The highest BCUT2D eigenvalue weighted by atomic mass is 16.5. The molecular weight excluding hydrogens is 1040 g/mol. The molecular formula is C66H94N12O5. The number of aromatic nitrogens is 4. The average molecular weight is 1140 g/mol. The summed E-state index contributed by atoms with van der Waals surface area (Å²) in [5.41, 5.74) is 15.3. The van der Waals surface area contributed by atoms with E-state index in [-0.39, 0.29) is 25.7 Å². The lowest BCUT2D eigenvalue weighted by Gasteiger charge is -2.28. The van der Waals surface area contributed by atoms with Crippen LogP contribution in [0.5, 0.6) is 0 Å². The first-order valence-corrected chi connectivity index (χ1v) is 31.0. The molecule has 0 aliphatic carbocycles. The highest BCUT2D eigenvalue weighted by Crippen LogP contribution is 2.30. The van der Waals surface area contributed by atoms with Crippen LogP contribution < -0.4 is 21.7 Å². The minimum Gasteiger partial charge on any atom is -0.480 e. The molecule has 0 unspecified atom stereocenters. The summed E-state index contributed by atoms with van der Waals surface area (Å²) >= 11 is 0. The third kappa shape index (κ3) is 21.4. The Labute approximate surface area is 493 Å². The molecule has 4 saturated heterocycles. The molecule has 0 bridgehead atoms. The van der Waals surface area contributed by atoms with Crippen molar-refractivity contribution in [3.8, 4) is 22.5 Å². The van der Waals surface area contributed by atoms with E-state index in [0.717, 1.165) is 150 Å². The monoisotopic (exact) mass is 1130 g/mol. The largest absolute Gasteiger partial charge is 0.480 e. The third-order valence-corrected chi connectivity index (χ3v) is 16.7. The number of anilines is 2. The van der Waals surface area contributed by atoms with Crippen LogP contribution in [0.15, 0.2) is 97.6 Å². The van der Waals surface area contributed by atoms with Gasteiger partial charge in [-0.2, -0.15) is 0 Å². The van der Waals surface area contributed by atoms with Gasteiger partial charge in [-0.05, 0) is 210 Å². The Kier molecular flexibility index (Phi) is 26.2. The zero-order valence-corrected chi connectivity index (χ0v) is 49.8. The van der Waals surface area contributed by atoms with Gasteiger partial charge in [0.05, 0.1) is 35.6 Å². The fourth-order valence-corrected chi connectivity index (χ4v) is 11.6. The fourth-order valence-electron chi connectivity index (χ4n) is 11.6. The molecule has 8 heterocycles. The topological polar surface area (TPSA) is 199 Å². The molecule has 6 aromatic rings. The van der Waals surface area contributed by atoms with E-state index in [4.69, 9.17) is 30.3 Å². The number of rotatable bonds is 25. The number of nitrogens with one attached hydrogen (secondary N) is 3. The van der Waals surface area contributed by atoms with Crippen molar-refractivity contribution in [1.82, 2.24) is 44.9 Å². The van der Waals surface area contributed by atoms with Crippen molar-refractivity contribution in [3.63, 3.8) is 0 Å². The zero-order chi connectivity index (χ0) is 57.9. The predicted molar refractivity (Wildman–Crippen MR) is 335 cm³/mol. The third-order valence-electron chi connectivity index (χ3n) is 16.7. The maximum Gasteiger partial charge on any atom is 0.329 e. The fraction of sp³-hybridized carbons (Fsp3) is 0.545. The normalized spacial score (nSPS) is 16.9. The Hall–Kier alpha value is -6.18. The Balaban J connectivity index is 0.000000189. The lowest BCUT2D eigenvalue weighted by Crippen LogP contribution is -2.33. The molecule has 4 aliphatic rings. The van der Waals surface area contributed by atoms with Crippen LogP contribution in [0.25, 0.3) is 44.3 Å². The summed E-state index contributed by atoms with van der Waals surface area (Å²) in [6.45, 7) is 15.9. The summed E-state index contributed by atoms with van der Waals surface area (Å²) in [5.74, 6) is 0.630. The van der Waals surface area contributed by atoms with Gasteiger partial charge in [0.15, 0.2) is 0 Å². The van der Waals surface area contributed by atoms with E-state index in [1.54, 1.807) is 12.4 Å². The van der Waals surface area contributed by atoms with Crippen molar-refractivity contribution < 1.29 is 24.2 Å². The van der Waals surface area contributed by atoms with Crippen LogP contribution in [-0.4, -0.2) is 175 Å². The molecule has 10 rings (SSSR count). The van der Waals surface area contributed by atoms with E-state index < -0.39 is 5.97 Å². The molecule has 4 aliphatic heterocycles. The standard InChI is InChI=1S/C33H46N6O2.C25H30N4O3.C8H18N2/c1-38-20-12-26(13-21-38)10-16-36-33(40)25-41-24-27-6-8-28(9-7-27)31-22-32(29-23-34-15-11-30(29)37-31)35-14-5-19-39-17-3-2-4-18-39;30-25(31)18-32-17-19-5-7-20(8-6-19)23-15-24(21-16-26-11-9-22(21)28-23)27-10-4-14-29-12-2-1-3-13-29;1-10-6-3-8(2-5-9)4-7-10/h6-9,11,15,22-23,26H,2-5,10,12-14,16-21,24-25H2,1H3,(H,35,37)(H,36,40);5-9,11,15-16H,1-4,10,12-14,17-18H2,(H,27,28)(H,30,31);8H,2-7,9H2,1H3. The number of carboxylic acids is 1. The van der Waals surface area contributed by atoms with Gasteiger partial charge in [0.1, 0.15) is 13.2 Å². The Bertz CT molecular complexity index is 2850. The summed E-state index contributed by atoms with van der Waals surface area (Å²) in [5, 5.41) is 21.0. The molecule has 0 saturated carbocycles. The minimum absolute atomic E-state index is 0.0413. The number of likely N-dealkylation sites (tertiary alicyclic amines) is 4. The number of nitrogens with two attached hydrogens (primary N) is 1. The number of pyridine rings is 4. The van der Waals surface area contributed by atoms with E-state index in [0.29, 0.717) is 6.61 Å². The number of piperidine rings is 4. The number of benzene rings is 2. The number of carbonyl (C=O) groups is 2. The molecule has 17 nitrogen and oxygen atoms in total. The van der Waals surface area contributed by atoms with Crippen LogP contribution in [0.3, 0.4) is 0 Å². The maximum atomic E-state index is 12.2. The van der Waals surface area contributed by atoms with Gasteiger partial charge in [-0.15, -0.1) is 0 Å². The lowest BCUT2D eigenvalue weighted by atomic mass is 9.94. The smallest absolute Gasteiger partial charge is 0.329 e. The molecule has 4 aromatic heterocycles. The number of carbonyl (C=O) groups excluding carboxylic acids is 1. The van der Waals surface area contributed by atoms with Crippen molar-refractivity contribution in [1.29, 1.82) is 0 Å². The first-order valence-electron chi connectivity index (χ1n) is 31.0. The van der Waals surface area contributed by atoms with E-state index >= 15 is 0 Å². The summed E-state index contributed by atoms with van der Waals surface area (Å²) < 4.78 is 10.9. The lowest BCUT2D eigenvalue weighted by molar-refractivity contribution is -0.142. The summed E-state index contributed by atoms with van der Waals surface area (Å²) in [4.78, 5) is 51.1. The molecule has 83 heavy (non-hydrogen) atoms. The number of fused-ring (bicyclic) bond motifs is 2. The van der Waals surface area contributed by atoms with Gasteiger partial charge in [0.2, 0.25) is 5.91 Å². The zero-order valence-electron chi connectivity index (χ0n) is 49.8. The van der Waals surface area contributed by atoms with Crippen molar-refractivity contribution in [2.75, 3.05) is 130 Å².